The van der Waals surface area contributed by atoms with E-state index in [0.29, 0.717) is 0 Å². The molecule has 0 radical (unpaired) electrons. The molecule has 2 aromatic rings. The summed E-state index contributed by atoms with van der Waals surface area (Å²) in [7, 11) is 0. The number of nitrogens with zero attached hydrogens (tertiary/aromatic N) is 5. The van der Waals surface area contributed by atoms with E-state index in [1.807, 2.05) is 0 Å². The topological polar surface area (TPSA) is 79.3 Å². The SMILES string of the molecule is O=C(c1ccncc1F)N1CCN(c2ncc(F)cn2)C(=O)C1. The van der Waals surface area contributed by atoms with Crippen LogP contribution in [-0.4, -0.2) is 51.3 Å². The number of rotatable bonds is 2. The molecule has 118 valence electrons. The summed E-state index contributed by atoms with van der Waals surface area (Å²) in [6.07, 6.45) is 4.16. The van der Waals surface area contributed by atoms with Crippen molar-refractivity contribution in [3.63, 3.8) is 0 Å². The van der Waals surface area contributed by atoms with Gasteiger partial charge in [0.15, 0.2) is 11.6 Å². The maximum atomic E-state index is 13.6. The van der Waals surface area contributed by atoms with Crippen molar-refractivity contribution in [1.29, 1.82) is 0 Å². The summed E-state index contributed by atoms with van der Waals surface area (Å²) >= 11 is 0. The number of carbonyl (C=O) groups excluding carboxylic acids is 2. The van der Waals surface area contributed by atoms with Crippen LogP contribution in [0.3, 0.4) is 0 Å². The van der Waals surface area contributed by atoms with E-state index in [2.05, 4.69) is 15.0 Å². The Morgan fingerprint density at radius 3 is 2.52 bits per heavy atom. The molecule has 0 atom stereocenters. The van der Waals surface area contributed by atoms with E-state index >= 15 is 0 Å². The van der Waals surface area contributed by atoms with Crippen molar-refractivity contribution < 1.29 is 18.4 Å². The number of pyridine rings is 1. The summed E-state index contributed by atoms with van der Waals surface area (Å²) in [5.74, 6) is -2.29. The normalized spacial score (nSPS) is 15.0. The predicted octanol–water partition coefficient (Wildman–Crippen LogP) is 0.639. The van der Waals surface area contributed by atoms with Crippen molar-refractivity contribution in [3.8, 4) is 0 Å². The summed E-state index contributed by atoms with van der Waals surface area (Å²) in [5, 5.41) is 0. The fourth-order valence-corrected chi connectivity index (χ4v) is 2.22. The molecule has 2 aromatic heterocycles. The molecule has 9 heteroatoms. The molecule has 0 aliphatic carbocycles. The molecule has 1 aliphatic heterocycles. The van der Waals surface area contributed by atoms with Crippen molar-refractivity contribution in [3.05, 3.63) is 48.1 Å². The van der Waals surface area contributed by atoms with Crippen molar-refractivity contribution in [1.82, 2.24) is 19.9 Å². The zero-order valence-corrected chi connectivity index (χ0v) is 11.8. The summed E-state index contributed by atoms with van der Waals surface area (Å²) in [6, 6.07) is 1.26. The van der Waals surface area contributed by atoms with E-state index < -0.39 is 23.4 Å². The fourth-order valence-electron chi connectivity index (χ4n) is 2.22. The van der Waals surface area contributed by atoms with Crippen molar-refractivity contribution in [2.24, 2.45) is 0 Å². The summed E-state index contributed by atoms with van der Waals surface area (Å²) < 4.78 is 26.4. The van der Waals surface area contributed by atoms with E-state index in [0.717, 1.165) is 18.6 Å². The third-order valence-corrected chi connectivity index (χ3v) is 3.36. The molecule has 1 fully saturated rings. The summed E-state index contributed by atoms with van der Waals surface area (Å²) in [6.45, 7) is 0.0946. The number of halogens is 2. The maximum absolute atomic E-state index is 13.6. The van der Waals surface area contributed by atoms with Crippen LogP contribution in [-0.2, 0) is 4.79 Å². The van der Waals surface area contributed by atoms with Gasteiger partial charge in [-0.3, -0.25) is 19.5 Å². The Morgan fingerprint density at radius 2 is 1.87 bits per heavy atom. The highest BCUT2D eigenvalue weighted by Crippen LogP contribution is 2.15. The maximum Gasteiger partial charge on any atom is 0.257 e. The van der Waals surface area contributed by atoms with Gasteiger partial charge < -0.3 is 4.90 Å². The minimum absolute atomic E-state index is 0.0681. The largest absolute Gasteiger partial charge is 0.327 e. The molecule has 0 spiro atoms. The number of amides is 2. The minimum atomic E-state index is -0.741. The minimum Gasteiger partial charge on any atom is -0.327 e. The smallest absolute Gasteiger partial charge is 0.257 e. The van der Waals surface area contributed by atoms with Crippen molar-refractivity contribution in [2.45, 2.75) is 0 Å². The number of aromatic nitrogens is 3. The Kier molecular flexibility index (Phi) is 3.92. The van der Waals surface area contributed by atoms with Crippen LogP contribution in [0.25, 0.3) is 0 Å². The Labute approximate surface area is 129 Å². The zero-order chi connectivity index (χ0) is 16.4. The van der Waals surface area contributed by atoms with E-state index in [9.17, 15) is 18.4 Å². The van der Waals surface area contributed by atoms with Crippen LogP contribution < -0.4 is 4.90 Å². The van der Waals surface area contributed by atoms with Gasteiger partial charge in [-0.15, -0.1) is 0 Å². The number of hydrogen-bond acceptors (Lipinski definition) is 5. The Balaban J connectivity index is 1.74. The first kappa shape index (κ1) is 14.9. The highest BCUT2D eigenvalue weighted by molar-refractivity contribution is 6.01. The molecular weight excluding hydrogens is 308 g/mol. The average Bonchev–Trinajstić information content (AvgIpc) is 2.55. The molecule has 3 heterocycles. The predicted molar refractivity (Wildman–Crippen MR) is 74.4 cm³/mol. The average molecular weight is 319 g/mol. The molecule has 0 aromatic carbocycles. The molecule has 1 aliphatic rings. The highest BCUT2D eigenvalue weighted by Gasteiger charge is 2.30. The van der Waals surface area contributed by atoms with E-state index in [-0.39, 0.29) is 31.1 Å². The van der Waals surface area contributed by atoms with E-state index in [4.69, 9.17) is 0 Å². The third-order valence-electron chi connectivity index (χ3n) is 3.36. The zero-order valence-electron chi connectivity index (χ0n) is 11.8. The summed E-state index contributed by atoms with van der Waals surface area (Å²) in [5.41, 5.74) is -0.140. The fraction of sp³-hybridized carbons (Fsp3) is 0.214. The van der Waals surface area contributed by atoms with Gasteiger partial charge in [-0.1, -0.05) is 0 Å². The molecule has 0 N–H and O–H groups in total. The summed E-state index contributed by atoms with van der Waals surface area (Å²) in [4.78, 5) is 38.0. The van der Waals surface area contributed by atoms with Gasteiger partial charge in [0.2, 0.25) is 11.9 Å². The molecule has 2 amide bonds. The quantitative estimate of drug-likeness (QED) is 0.811. The second kappa shape index (κ2) is 6.03. The van der Waals surface area contributed by atoms with E-state index in [1.165, 1.54) is 22.1 Å². The molecule has 23 heavy (non-hydrogen) atoms. The van der Waals surface area contributed by atoms with Crippen molar-refractivity contribution >= 4 is 17.8 Å². The number of anilines is 1. The first-order chi connectivity index (χ1) is 11.1. The molecule has 7 nitrogen and oxygen atoms in total. The highest BCUT2D eigenvalue weighted by atomic mass is 19.1. The molecule has 3 rings (SSSR count). The lowest BCUT2D eigenvalue weighted by molar-refractivity contribution is -0.120. The standard InChI is InChI=1S/C14H11F2N5O2/c15-9-5-18-14(19-6-9)21-4-3-20(8-12(21)22)13(23)10-1-2-17-7-11(10)16/h1-2,5-7H,3-4,8H2. The lowest BCUT2D eigenvalue weighted by Gasteiger charge is -2.33. The van der Waals surface area contributed by atoms with Gasteiger partial charge in [-0.2, -0.15) is 0 Å². The lowest BCUT2D eigenvalue weighted by atomic mass is 10.2. The van der Waals surface area contributed by atoms with Gasteiger partial charge in [0.1, 0.15) is 6.54 Å². The second-order valence-corrected chi connectivity index (χ2v) is 4.83. The third kappa shape index (κ3) is 2.98. The number of hydrogen-bond donors (Lipinski definition) is 0. The monoisotopic (exact) mass is 319 g/mol. The molecular formula is C14H11F2N5O2. The Bertz CT molecular complexity index is 753. The van der Waals surface area contributed by atoms with Gasteiger partial charge in [-0.25, -0.2) is 18.7 Å². The molecule has 0 unspecified atom stereocenters. The van der Waals surface area contributed by atoms with Gasteiger partial charge in [0, 0.05) is 19.3 Å². The van der Waals surface area contributed by atoms with Crippen LogP contribution in [0.5, 0.6) is 0 Å². The van der Waals surface area contributed by atoms with E-state index in [1.54, 1.807) is 0 Å². The van der Waals surface area contributed by atoms with Crippen LogP contribution in [0, 0.1) is 11.6 Å². The van der Waals surface area contributed by atoms with Gasteiger partial charge in [0.25, 0.3) is 5.91 Å². The molecule has 0 saturated carbocycles. The Morgan fingerprint density at radius 1 is 1.13 bits per heavy atom. The van der Waals surface area contributed by atoms with Crippen LogP contribution in [0.15, 0.2) is 30.9 Å². The first-order valence-electron chi connectivity index (χ1n) is 6.73. The number of piperazine rings is 1. The lowest BCUT2D eigenvalue weighted by Crippen LogP contribution is -2.53. The van der Waals surface area contributed by atoms with Crippen LogP contribution in [0.2, 0.25) is 0 Å². The number of carbonyl (C=O) groups is 2. The van der Waals surface area contributed by atoms with Gasteiger partial charge >= 0.3 is 0 Å². The first-order valence-corrected chi connectivity index (χ1v) is 6.73. The van der Waals surface area contributed by atoms with Gasteiger partial charge in [0.05, 0.1) is 24.2 Å². The van der Waals surface area contributed by atoms with Crippen LogP contribution in [0.4, 0.5) is 14.7 Å². The molecule has 0 bridgehead atoms. The van der Waals surface area contributed by atoms with Crippen LogP contribution in [0.1, 0.15) is 10.4 Å². The van der Waals surface area contributed by atoms with Gasteiger partial charge in [-0.05, 0) is 6.07 Å². The molecule has 1 saturated heterocycles. The van der Waals surface area contributed by atoms with Crippen LogP contribution >= 0.6 is 0 Å². The van der Waals surface area contributed by atoms with Crippen molar-refractivity contribution in [2.75, 3.05) is 24.5 Å². The second-order valence-electron chi connectivity index (χ2n) is 4.83. The Hall–Kier alpha value is -2.97.